The third-order valence-corrected chi connectivity index (χ3v) is 7.31. The number of ether oxygens (including phenoxy) is 1. The summed E-state index contributed by atoms with van der Waals surface area (Å²) < 4.78 is 13.1. The van der Waals surface area contributed by atoms with Crippen LogP contribution in [0.3, 0.4) is 0 Å². The van der Waals surface area contributed by atoms with E-state index in [1.807, 2.05) is 18.2 Å². The van der Waals surface area contributed by atoms with Gasteiger partial charge in [0, 0.05) is 59.4 Å². The molecule has 0 aliphatic carbocycles. The van der Waals surface area contributed by atoms with Crippen molar-refractivity contribution in [1.82, 2.24) is 25.8 Å². The van der Waals surface area contributed by atoms with Crippen LogP contribution in [0, 0.1) is 0 Å². The van der Waals surface area contributed by atoms with Crippen LogP contribution >= 0.6 is 22.9 Å². The maximum atomic E-state index is 11.3. The first kappa shape index (κ1) is 20.6. The lowest BCUT2D eigenvalue weighted by Crippen LogP contribution is -2.24. The predicted molar refractivity (Wildman–Crippen MR) is 124 cm³/mol. The van der Waals surface area contributed by atoms with Crippen molar-refractivity contribution in [2.75, 3.05) is 6.54 Å². The molecule has 6 rings (SSSR count). The van der Waals surface area contributed by atoms with Gasteiger partial charge in [-0.3, -0.25) is 4.79 Å². The minimum atomic E-state index is -0.260. The molecule has 1 unspecified atom stereocenters. The lowest BCUT2D eigenvalue weighted by atomic mass is 10.0. The molecule has 2 N–H and O–H groups in total. The zero-order chi connectivity index (χ0) is 22.5. The van der Waals surface area contributed by atoms with Gasteiger partial charge in [-0.05, 0) is 18.2 Å². The lowest BCUT2D eigenvalue weighted by Gasteiger charge is -2.14. The molecule has 2 aliphatic rings. The monoisotopic (exact) mass is 481 g/mol. The van der Waals surface area contributed by atoms with E-state index in [4.69, 9.17) is 20.9 Å². The van der Waals surface area contributed by atoms with Crippen molar-refractivity contribution >= 4 is 39.1 Å². The number of amides is 1. The molecule has 1 aromatic carbocycles. The summed E-state index contributed by atoms with van der Waals surface area (Å²) in [6, 6.07) is 5.80. The average Bonchev–Trinajstić information content (AvgIpc) is 3.52. The average molecular weight is 482 g/mol. The van der Waals surface area contributed by atoms with Crippen molar-refractivity contribution in [3.8, 4) is 17.0 Å². The van der Waals surface area contributed by atoms with Crippen molar-refractivity contribution < 1.29 is 14.1 Å². The highest BCUT2D eigenvalue weighted by Crippen LogP contribution is 2.47. The summed E-state index contributed by atoms with van der Waals surface area (Å²) in [7, 11) is 0. The fourth-order valence-corrected chi connectivity index (χ4v) is 5.75. The number of thiophene rings is 1. The van der Waals surface area contributed by atoms with Crippen molar-refractivity contribution in [3.05, 3.63) is 57.0 Å². The Hall–Kier alpha value is -3.01. The number of carbonyl (C=O) groups excluding carboxylic acids is 1. The fraction of sp³-hybridized carbons (Fsp3) is 0.304. The van der Waals surface area contributed by atoms with E-state index in [0.717, 1.165) is 74.2 Å². The molecule has 5 heterocycles. The first-order valence-electron chi connectivity index (χ1n) is 10.7. The molecule has 33 heavy (non-hydrogen) atoms. The molecule has 3 aromatic heterocycles. The number of aromatic nitrogens is 3. The maximum absolute atomic E-state index is 11.3. The van der Waals surface area contributed by atoms with Gasteiger partial charge in [-0.1, -0.05) is 16.8 Å². The number of nitrogens with zero attached hydrogens (tertiary/aromatic N) is 3. The number of rotatable bonds is 4. The molecule has 0 saturated heterocycles. The van der Waals surface area contributed by atoms with Gasteiger partial charge >= 0.3 is 0 Å². The predicted octanol–water partition coefficient (Wildman–Crippen LogP) is 3.96. The highest BCUT2D eigenvalue weighted by Gasteiger charge is 2.34. The lowest BCUT2D eigenvalue weighted by molar-refractivity contribution is -0.119. The van der Waals surface area contributed by atoms with Crippen LogP contribution in [0.5, 0.6) is 5.75 Å². The van der Waals surface area contributed by atoms with E-state index in [9.17, 15) is 4.79 Å². The Balaban J connectivity index is 1.40. The van der Waals surface area contributed by atoms with Crippen LogP contribution < -0.4 is 15.4 Å². The molecule has 0 saturated carbocycles. The molecule has 1 amide bonds. The Morgan fingerprint density at radius 2 is 2.24 bits per heavy atom. The van der Waals surface area contributed by atoms with E-state index in [0.29, 0.717) is 18.0 Å². The summed E-state index contributed by atoms with van der Waals surface area (Å²) in [6.07, 6.45) is 2.79. The van der Waals surface area contributed by atoms with Crippen molar-refractivity contribution in [2.24, 2.45) is 0 Å². The molecule has 8 nitrogen and oxygen atoms in total. The van der Waals surface area contributed by atoms with Crippen molar-refractivity contribution in [3.63, 3.8) is 0 Å². The van der Waals surface area contributed by atoms with E-state index in [-0.39, 0.29) is 12.0 Å². The van der Waals surface area contributed by atoms with Gasteiger partial charge in [0.05, 0.1) is 28.1 Å². The van der Waals surface area contributed by atoms with E-state index < -0.39 is 0 Å². The van der Waals surface area contributed by atoms with Crippen LogP contribution in [0.4, 0.5) is 0 Å². The zero-order valence-corrected chi connectivity index (χ0v) is 19.3. The zero-order valence-electron chi connectivity index (χ0n) is 17.8. The molecule has 4 aromatic rings. The minimum Gasteiger partial charge on any atom is -0.481 e. The first-order chi connectivity index (χ1) is 16.1. The normalized spacial score (nSPS) is 17.0. The van der Waals surface area contributed by atoms with Gasteiger partial charge in [0.2, 0.25) is 5.91 Å². The van der Waals surface area contributed by atoms with Crippen LogP contribution in [-0.2, 0) is 30.7 Å². The van der Waals surface area contributed by atoms with Gasteiger partial charge in [0.1, 0.15) is 12.1 Å². The molecule has 0 radical (unpaired) electrons. The van der Waals surface area contributed by atoms with E-state index in [1.165, 1.54) is 6.92 Å². The number of halogens is 1. The molecule has 1 atom stereocenters. The Labute approximate surface area is 198 Å². The Bertz CT molecular complexity index is 1400. The first-order valence-corrected chi connectivity index (χ1v) is 11.9. The molecule has 10 heteroatoms. The van der Waals surface area contributed by atoms with E-state index in [2.05, 4.69) is 25.8 Å². The number of benzene rings is 1. The number of hydrogen-bond donors (Lipinski definition) is 2. The Kier molecular flexibility index (Phi) is 5.05. The van der Waals surface area contributed by atoms with Gasteiger partial charge in [-0.15, -0.1) is 11.3 Å². The van der Waals surface area contributed by atoms with Crippen LogP contribution in [0.15, 0.2) is 29.0 Å². The van der Waals surface area contributed by atoms with Crippen LogP contribution in [0.25, 0.3) is 21.5 Å². The van der Waals surface area contributed by atoms with Crippen molar-refractivity contribution in [2.45, 2.75) is 39.0 Å². The highest BCUT2D eigenvalue weighted by molar-refractivity contribution is 7.19. The smallest absolute Gasteiger partial charge is 0.217 e. The summed E-state index contributed by atoms with van der Waals surface area (Å²) in [5.74, 6) is 1.46. The summed E-state index contributed by atoms with van der Waals surface area (Å²) in [5.41, 5.74) is 5.52. The molecular formula is C23H20ClN5O3S. The van der Waals surface area contributed by atoms with E-state index in [1.54, 1.807) is 17.7 Å². The third-order valence-electron chi connectivity index (χ3n) is 5.96. The fourth-order valence-electron chi connectivity index (χ4n) is 4.46. The summed E-state index contributed by atoms with van der Waals surface area (Å²) in [6.45, 7) is 3.59. The number of hydrogen-bond acceptors (Lipinski definition) is 8. The SMILES string of the molecule is CC(=O)NCc1cc2ncnc(-c3cc(Cl)cc4c3OC(c3onc5c3CNCC5)C4)c2s1. The molecular weight excluding hydrogens is 462 g/mol. The standard InChI is InChI=1S/C23H20ClN5O3S/c1-11(30)26-8-14-7-18-23(33-14)20(28-10-27-18)15-6-13(24)4-12-5-19(31-21(12)15)22-16-9-25-3-2-17(16)29-32-22/h4,6-7,10,19,25H,2-3,5,8-9H2,1H3,(H,26,30). The van der Waals surface area contributed by atoms with Gasteiger partial charge in [-0.25, -0.2) is 9.97 Å². The second kappa shape index (κ2) is 8.09. The molecule has 2 aliphatic heterocycles. The summed E-state index contributed by atoms with van der Waals surface area (Å²) >= 11 is 8.07. The molecule has 168 valence electrons. The number of carbonyl (C=O) groups is 1. The van der Waals surface area contributed by atoms with Gasteiger partial charge < -0.3 is 19.9 Å². The molecule has 0 spiro atoms. The highest BCUT2D eigenvalue weighted by atomic mass is 35.5. The van der Waals surface area contributed by atoms with Crippen LogP contribution in [-0.4, -0.2) is 27.6 Å². The molecule has 0 bridgehead atoms. The van der Waals surface area contributed by atoms with Gasteiger partial charge in [0.25, 0.3) is 0 Å². The minimum absolute atomic E-state index is 0.0735. The van der Waals surface area contributed by atoms with Crippen molar-refractivity contribution in [1.29, 1.82) is 0 Å². The molecule has 0 fully saturated rings. The Morgan fingerprint density at radius 3 is 3.12 bits per heavy atom. The van der Waals surface area contributed by atoms with Gasteiger partial charge in [0.15, 0.2) is 11.9 Å². The largest absolute Gasteiger partial charge is 0.481 e. The van der Waals surface area contributed by atoms with Crippen LogP contribution in [0.2, 0.25) is 5.02 Å². The number of fused-ring (bicyclic) bond motifs is 3. The van der Waals surface area contributed by atoms with Gasteiger partial charge in [-0.2, -0.15) is 0 Å². The third kappa shape index (κ3) is 3.66. The number of nitrogens with one attached hydrogen (secondary N) is 2. The topological polar surface area (TPSA) is 102 Å². The van der Waals surface area contributed by atoms with Crippen LogP contribution in [0.1, 0.15) is 40.5 Å². The summed E-state index contributed by atoms with van der Waals surface area (Å²) in [5, 5.41) is 11.1. The Morgan fingerprint density at radius 1 is 1.33 bits per heavy atom. The maximum Gasteiger partial charge on any atom is 0.217 e. The summed E-state index contributed by atoms with van der Waals surface area (Å²) in [4.78, 5) is 21.3. The second-order valence-electron chi connectivity index (χ2n) is 8.21. The van der Waals surface area contributed by atoms with E-state index >= 15 is 0 Å². The second-order valence-corrected chi connectivity index (χ2v) is 9.78. The quantitative estimate of drug-likeness (QED) is 0.455.